The number of allylic oxidation sites excluding steroid dienone is 9. The molecule has 0 saturated heterocycles. The van der Waals surface area contributed by atoms with Gasteiger partial charge in [0.1, 0.15) is 0 Å². The van der Waals surface area contributed by atoms with Crippen molar-refractivity contribution in [2.45, 2.75) is 80.2 Å². The molecule has 1 N–H and O–H groups in total. The Labute approximate surface area is 185 Å². The summed E-state index contributed by atoms with van der Waals surface area (Å²) in [5.41, 5.74) is 4.45. The lowest BCUT2D eigenvalue weighted by molar-refractivity contribution is -0.119. The maximum absolute atomic E-state index is 12.4. The number of carbonyl (C=O) groups is 1. The molecule has 0 aliphatic rings. The summed E-state index contributed by atoms with van der Waals surface area (Å²) in [4.78, 5) is 16.8. The second-order valence-electron chi connectivity index (χ2n) is 7.91. The summed E-state index contributed by atoms with van der Waals surface area (Å²) in [6, 6.07) is 0.0904. The Morgan fingerprint density at radius 2 is 1.80 bits per heavy atom. The minimum Gasteiger partial charge on any atom is -0.330 e. The molecule has 0 bridgehead atoms. The van der Waals surface area contributed by atoms with Crippen LogP contribution in [0.5, 0.6) is 0 Å². The van der Waals surface area contributed by atoms with Crippen molar-refractivity contribution in [3.63, 3.8) is 0 Å². The molecule has 0 rings (SSSR count). The summed E-state index contributed by atoms with van der Waals surface area (Å²) >= 11 is 0. The van der Waals surface area contributed by atoms with E-state index in [1.807, 2.05) is 58.1 Å². The van der Waals surface area contributed by atoms with Gasteiger partial charge in [0.05, 0.1) is 6.04 Å². The van der Waals surface area contributed by atoms with Gasteiger partial charge in [-0.15, -0.1) is 0 Å². The third-order valence-corrected chi connectivity index (χ3v) is 4.65. The van der Waals surface area contributed by atoms with Crippen molar-refractivity contribution in [3.05, 3.63) is 71.5 Å². The SMILES string of the molecule is C=C(C/C=C\C=C(/C)NC(=O)C/C(=C/C)C/C(=C\C(C)C)CC)C(C)/N=C\C=C/C. The van der Waals surface area contributed by atoms with Crippen LogP contribution in [0.25, 0.3) is 0 Å². The Balaban J connectivity index is 4.62. The summed E-state index contributed by atoms with van der Waals surface area (Å²) in [5, 5.41) is 2.98. The zero-order valence-corrected chi connectivity index (χ0v) is 20.2. The average molecular weight is 411 g/mol. The Hall–Kier alpha value is -2.42. The van der Waals surface area contributed by atoms with Crippen molar-refractivity contribution < 1.29 is 4.79 Å². The Morgan fingerprint density at radius 1 is 1.10 bits per heavy atom. The Kier molecular flexibility index (Phi) is 15.1. The van der Waals surface area contributed by atoms with Crippen LogP contribution in [-0.2, 0) is 4.79 Å². The van der Waals surface area contributed by atoms with Crippen LogP contribution in [0, 0.1) is 5.92 Å². The highest BCUT2D eigenvalue weighted by Crippen LogP contribution is 2.19. The summed E-state index contributed by atoms with van der Waals surface area (Å²) in [7, 11) is 0. The maximum atomic E-state index is 12.4. The van der Waals surface area contributed by atoms with Crippen LogP contribution in [0.15, 0.2) is 76.5 Å². The number of aliphatic imine (C=N–C) groups is 1. The van der Waals surface area contributed by atoms with E-state index in [1.54, 1.807) is 6.21 Å². The van der Waals surface area contributed by atoms with E-state index < -0.39 is 0 Å². The lowest BCUT2D eigenvalue weighted by atomic mass is 9.97. The molecule has 0 aromatic rings. The summed E-state index contributed by atoms with van der Waals surface area (Å²) in [5.74, 6) is 0.560. The van der Waals surface area contributed by atoms with Gasteiger partial charge in [-0.2, -0.15) is 0 Å². The quantitative estimate of drug-likeness (QED) is 0.194. The first-order chi connectivity index (χ1) is 14.2. The van der Waals surface area contributed by atoms with E-state index in [1.165, 1.54) is 5.57 Å². The molecule has 0 radical (unpaired) electrons. The van der Waals surface area contributed by atoms with Gasteiger partial charge in [-0.25, -0.2) is 0 Å². The first-order valence-electron chi connectivity index (χ1n) is 11.0. The van der Waals surface area contributed by atoms with E-state index in [0.717, 1.165) is 36.1 Å². The highest BCUT2D eigenvalue weighted by Gasteiger charge is 2.08. The van der Waals surface area contributed by atoms with Gasteiger partial charge >= 0.3 is 0 Å². The zero-order valence-electron chi connectivity index (χ0n) is 20.2. The van der Waals surface area contributed by atoms with Gasteiger partial charge < -0.3 is 5.32 Å². The number of amides is 1. The average Bonchev–Trinajstić information content (AvgIpc) is 2.69. The molecule has 1 atom stereocenters. The summed E-state index contributed by atoms with van der Waals surface area (Å²) < 4.78 is 0. The predicted molar refractivity (Wildman–Crippen MR) is 134 cm³/mol. The molecule has 1 unspecified atom stereocenters. The molecule has 0 saturated carbocycles. The third kappa shape index (κ3) is 13.7. The van der Waals surface area contributed by atoms with Crippen LogP contribution < -0.4 is 5.32 Å². The Morgan fingerprint density at radius 3 is 2.37 bits per heavy atom. The van der Waals surface area contributed by atoms with E-state index in [0.29, 0.717) is 12.3 Å². The minimum atomic E-state index is 0.0293. The molecule has 0 aromatic carbocycles. The molecule has 0 spiro atoms. The van der Waals surface area contributed by atoms with Crippen LogP contribution in [0.4, 0.5) is 0 Å². The van der Waals surface area contributed by atoms with Crippen molar-refractivity contribution in [1.29, 1.82) is 0 Å². The van der Waals surface area contributed by atoms with Gasteiger partial charge in [-0.3, -0.25) is 9.79 Å². The largest absolute Gasteiger partial charge is 0.330 e. The molecular weight excluding hydrogens is 368 g/mol. The second-order valence-corrected chi connectivity index (χ2v) is 7.91. The number of nitrogens with zero attached hydrogens (tertiary/aromatic N) is 1. The standard InChI is InChI=1S/C27H42N2O/c1-9-12-17-28-24(8)22(6)15-13-14-16-23(7)29-27(30)20-26(11-3)19-25(10-2)18-21(4)5/h9,11-14,16-18,21,24H,6,10,15,19-20H2,1-5,7-8H3,(H,29,30)/b12-9-,14-13-,23-16+,25-18-,26-11+,28-17-. The highest BCUT2D eigenvalue weighted by molar-refractivity contribution is 5.80. The summed E-state index contributed by atoms with van der Waals surface area (Å²) in [6.45, 7) is 18.6. The van der Waals surface area contributed by atoms with E-state index in [9.17, 15) is 4.79 Å². The molecule has 0 aliphatic heterocycles. The van der Waals surface area contributed by atoms with Gasteiger partial charge in [0.25, 0.3) is 0 Å². The topological polar surface area (TPSA) is 41.5 Å². The van der Waals surface area contributed by atoms with Crippen molar-refractivity contribution >= 4 is 12.1 Å². The van der Waals surface area contributed by atoms with Gasteiger partial charge in [0, 0.05) is 18.3 Å². The molecule has 1 amide bonds. The van der Waals surface area contributed by atoms with Crippen molar-refractivity contribution in [3.8, 4) is 0 Å². The number of nitrogens with one attached hydrogen (secondary N) is 1. The first kappa shape index (κ1) is 27.6. The fourth-order valence-electron chi connectivity index (χ4n) is 2.82. The molecule has 0 heterocycles. The molecule has 166 valence electrons. The molecule has 0 aliphatic carbocycles. The van der Waals surface area contributed by atoms with Crippen LogP contribution in [0.3, 0.4) is 0 Å². The van der Waals surface area contributed by atoms with E-state index in [4.69, 9.17) is 0 Å². The zero-order chi connectivity index (χ0) is 22.9. The number of carbonyl (C=O) groups excluding carboxylic acids is 1. The number of rotatable bonds is 13. The molecule has 30 heavy (non-hydrogen) atoms. The fraction of sp³-hybridized carbons (Fsp3) is 0.481. The predicted octanol–water partition coefficient (Wildman–Crippen LogP) is 7.26. The normalized spacial score (nSPS) is 15.0. The monoisotopic (exact) mass is 410 g/mol. The van der Waals surface area contributed by atoms with Gasteiger partial charge in [0.15, 0.2) is 0 Å². The highest BCUT2D eigenvalue weighted by atomic mass is 16.1. The van der Waals surface area contributed by atoms with Crippen molar-refractivity contribution in [2.75, 3.05) is 0 Å². The summed E-state index contributed by atoms with van der Waals surface area (Å²) in [6.07, 6.45) is 19.0. The fourth-order valence-corrected chi connectivity index (χ4v) is 2.82. The van der Waals surface area contributed by atoms with E-state index in [2.05, 4.69) is 49.8 Å². The van der Waals surface area contributed by atoms with Gasteiger partial charge in [-0.1, -0.05) is 68.9 Å². The smallest absolute Gasteiger partial charge is 0.228 e. The lowest BCUT2D eigenvalue weighted by Crippen LogP contribution is -2.21. The second kappa shape index (κ2) is 16.4. The minimum absolute atomic E-state index is 0.0293. The molecule has 3 heteroatoms. The Bertz CT molecular complexity index is 715. The van der Waals surface area contributed by atoms with Crippen LogP contribution >= 0.6 is 0 Å². The van der Waals surface area contributed by atoms with Crippen molar-refractivity contribution in [1.82, 2.24) is 5.32 Å². The number of hydrogen-bond acceptors (Lipinski definition) is 2. The molecule has 0 fully saturated rings. The molecule has 3 nitrogen and oxygen atoms in total. The third-order valence-electron chi connectivity index (χ3n) is 4.65. The van der Waals surface area contributed by atoms with E-state index >= 15 is 0 Å². The van der Waals surface area contributed by atoms with Gasteiger partial charge in [0.2, 0.25) is 5.91 Å². The molecular formula is C27H42N2O. The molecule has 0 aromatic heterocycles. The number of hydrogen-bond donors (Lipinski definition) is 1. The maximum Gasteiger partial charge on any atom is 0.228 e. The van der Waals surface area contributed by atoms with Crippen LogP contribution in [0.1, 0.15) is 74.1 Å². The first-order valence-corrected chi connectivity index (χ1v) is 11.0. The van der Waals surface area contributed by atoms with Crippen molar-refractivity contribution in [2.24, 2.45) is 10.9 Å². The van der Waals surface area contributed by atoms with Crippen LogP contribution in [0.2, 0.25) is 0 Å². The van der Waals surface area contributed by atoms with E-state index in [-0.39, 0.29) is 11.9 Å². The van der Waals surface area contributed by atoms with Gasteiger partial charge in [-0.05, 0) is 70.6 Å². The lowest BCUT2D eigenvalue weighted by Gasteiger charge is -2.11. The van der Waals surface area contributed by atoms with Crippen LogP contribution in [-0.4, -0.2) is 18.2 Å².